The number of aliphatic carboxylic acids is 1. The van der Waals surface area contributed by atoms with Crippen molar-refractivity contribution in [1.82, 2.24) is 5.32 Å². The van der Waals surface area contributed by atoms with Gasteiger partial charge >= 0.3 is 5.97 Å². The molecule has 0 heterocycles. The van der Waals surface area contributed by atoms with E-state index in [4.69, 9.17) is 5.11 Å². The van der Waals surface area contributed by atoms with Crippen LogP contribution in [0.3, 0.4) is 0 Å². The van der Waals surface area contributed by atoms with E-state index in [1.54, 1.807) is 0 Å². The molecule has 1 aromatic carbocycles. The van der Waals surface area contributed by atoms with E-state index in [1.807, 2.05) is 12.1 Å². The zero-order valence-corrected chi connectivity index (χ0v) is 17.6. The van der Waals surface area contributed by atoms with Gasteiger partial charge in [0.1, 0.15) is 0 Å². The molecule has 1 aromatic rings. The normalized spacial score (nSPS) is 16.1. The molecule has 0 spiro atoms. The van der Waals surface area contributed by atoms with Gasteiger partial charge in [0.15, 0.2) is 0 Å². The van der Waals surface area contributed by atoms with E-state index in [0.29, 0.717) is 12.1 Å². The summed E-state index contributed by atoms with van der Waals surface area (Å²) >= 11 is 6.59. The fraction of sp³-hybridized carbons (Fsp3) is 0.429. The van der Waals surface area contributed by atoms with Crippen LogP contribution >= 0.6 is 67.8 Å². The van der Waals surface area contributed by atoms with Gasteiger partial charge in [-0.05, 0) is 98.2 Å². The molecule has 0 aromatic heterocycles. The Labute approximate surface area is 164 Å². The van der Waals surface area contributed by atoms with Crippen LogP contribution < -0.4 is 5.32 Å². The van der Waals surface area contributed by atoms with Crippen LogP contribution in [-0.2, 0) is 4.79 Å². The number of rotatable bonds is 5. The number of carboxylic acid groups (broad SMARTS) is 1. The fourth-order valence-corrected chi connectivity index (χ4v) is 4.90. The molecule has 0 atom stereocenters. The van der Waals surface area contributed by atoms with E-state index >= 15 is 0 Å². The molecule has 1 aliphatic rings. The minimum Gasteiger partial charge on any atom is -0.481 e. The summed E-state index contributed by atoms with van der Waals surface area (Å²) in [5, 5.41) is 11.9. The number of halogens is 3. The van der Waals surface area contributed by atoms with Gasteiger partial charge in [-0.3, -0.25) is 9.59 Å². The van der Waals surface area contributed by atoms with Crippen LogP contribution in [0.4, 0.5) is 0 Å². The summed E-state index contributed by atoms with van der Waals surface area (Å²) in [6.45, 7) is 0.441. The third-order valence-electron chi connectivity index (χ3n) is 3.80. The SMILES string of the molecule is O=C(O)CC1(CNC(=O)c2cc(I)cc(I)c2I)CCC1. The van der Waals surface area contributed by atoms with Crippen LogP contribution in [0.1, 0.15) is 36.0 Å². The predicted molar refractivity (Wildman–Crippen MR) is 105 cm³/mol. The first kappa shape index (κ1) is 17.7. The number of benzene rings is 1. The maximum absolute atomic E-state index is 12.4. The van der Waals surface area contributed by atoms with Crippen molar-refractivity contribution in [3.05, 3.63) is 28.4 Å². The van der Waals surface area contributed by atoms with Crippen molar-refractivity contribution >= 4 is 79.6 Å². The van der Waals surface area contributed by atoms with Crippen molar-refractivity contribution in [2.24, 2.45) is 5.41 Å². The van der Waals surface area contributed by atoms with E-state index < -0.39 is 5.97 Å². The van der Waals surface area contributed by atoms with Gasteiger partial charge in [0.2, 0.25) is 0 Å². The highest BCUT2D eigenvalue weighted by Gasteiger charge is 2.39. The molecule has 0 bridgehead atoms. The van der Waals surface area contributed by atoms with Gasteiger partial charge < -0.3 is 10.4 Å². The average Bonchev–Trinajstić information content (AvgIpc) is 2.36. The maximum Gasteiger partial charge on any atom is 0.303 e. The molecule has 0 saturated heterocycles. The highest BCUT2D eigenvalue weighted by atomic mass is 127. The Balaban J connectivity index is 2.07. The summed E-state index contributed by atoms with van der Waals surface area (Å²) in [6, 6.07) is 3.89. The topological polar surface area (TPSA) is 66.4 Å². The van der Waals surface area contributed by atoms with Crippen molar-refractivity contribution < 1.29 is 14.7 Å². The molecule has 0 radical (unpaired) electrons. The van der Waals surface area contributed by atoms with Gasteiger partial charge in [0, 0.05) is 17.3 Å². The molecule has 0 unspecified atom stereocenters. The summed E-state index contributed by atoms with van der Waals surface area (Å²) in [5.41, 5.74) is 0.416. The minimum absolute atomic E-state index is 0.118. The van der Waals surface area contributed by atoms with Crippen LogP contribution in [0.15, 0.2) is 12.1 Å². The van der Waals surface area contributed by atoms with Gasteiger partial charge in [-0.15, -0.1) is 0 Å². The maximum atomic E-state index is 12.4. The molecule has 4 nitrogen and oxygen atoms in total. The Bertz CT molecular complexity index is 585. The smallest absolute Gasteiger partial charge is 0.303 e. The Hall–Kier alpha value is 0.350. The van der Waals surface area contributed by atoms with Gasteiger partial charge in [0.25, 0.3) is 5.91 Å². The third kappa shape index (κ3) is 4.43. The molecule has 1 fully saturated rings. The molecule has 1 aliphatic carbocycles. The Morgan fingerprint density at radius 2 is 1.90 bits per heavy atom. The van der Waals surface area contributed by atoms with Gasteiger partial charge in [-0.2, -0.15) is 0 Å². The summed E-state index contributed by atoms with van der Waals surface area (Å²) < 4.78 is 3.01. The number of nitrogens with one attached hydrogen (secondary N) is 1. The molecule has 1 amide bonds. The van der Waals surface area contributed by atoms with Gasteiger partial charge in [-0.1, -0.05) is 6.42 Å². The summed E-state index contributed by atoms with van der Waals surface area (Å²) in [5.74, 6) is -0.908. The summed E-state index contributed by atoms with van der Waals surface area (Å²) in [4.78, 5) is 23.3. The second-order valence-corrected chi connectivity index (χ2v) is 8.84. The monoisotopic (exact) mass is 625 g/mol. The van der Waals surface area contributed by atoms with Crippen molar-refractivity contribution in [3.8, 4) is 0 Å². The van der Waals surface area contributed by atoms with Crippen LogP contribution in [0.5, 0.6) is 0 Å². The molecular formula is C14H14I3NO3. The summed E-state index contributed by atoms with van der Waals surface area (Å²) in [7, 11) is 0. The number of carbonyl (C=O) groups is 2. The third-order valence-corrected chi connectivity index (χ3v) is 7.47. The quantitative estimate of drug-likeness (QED) is 0.386. The number of carbonyl (C=O) groups excluding carboxylic acids is 1. The van der Waals surface area contributed by atoms with Gasteiger partial charge in [0.05, 0.1) is 12.0 Å². The standard InChI is InChI=1S/C14H14I3NO3/c15-8-4-9(12(17)10(16)5-8)13(21)18-7-14(2-1-3-14)6-11(19)20/h4-5H,1-3,6-7H2,(H,18,21)(H,19,20). The number of hydrogen-bond acceptors (Lipinski definition) is 2. The van der Waals surface area contributed by atoms with E-state index in [2.05, 4.69) is 73.1 Å². The molecule has 2 N–H and O–H groups in total. The first-order valence-electron chi connectivity index (χ1n) is 6.47. The summed E-state index contributed by atoms with van der Waals surface area (Å²) in [6.07, 6.45) is 2.93. The average molecular weight is 625 g/mol. The Kier molecular flexibility index (Phi) is 6.14. The first-order valence-corrected chi connectivity index (χ1v) is 9.71. The highest BCUT2D eigenvalue weighted by molar-refractivity contribution is 14.1. The predicted octanol–water partition coefficient (Wildman–Crippen LogP) is 3.88. The molecule has 114 valence electrons. The molecule has 7 heteroatoms. The zero-order valence-electron chi connectivity index (χ0n) is 11.1. The second-order valence-electron chi connectivity index (χ2n) is 5.36. The lowest BCUT2D eigenvalue weighted by molar-refractivity contribution is -0.141. The molecule has 2 rings (SSSR count). The lowest BCUT2D eigenvalue weighted by Gasteiger charge is -2.40. The van der Waals surface area contributed by atoms with Crippen LogP contribution in [0.25, 0.3) is 0 Å². The Morgan fingerprint density at radius 1 is 1.24 bits per heavy atom. The van der Waals surface area contributed by atoms with Crippen LogP contribution in [0.2, 0.25) is 0 Å². The first-order chi connectivity index (χ1) is 9.83. The van der Waals surface area contributed by atoms with E-state index in [1.165, 1.54) is 0 Å². The lowest BCUT2D eigenvalue weighted by Crippen LogP contribution is -2.43. The van der Waals surface area contributed by atoms with Crippen LogP contribution in [0, 0.1) is 16.1 Å². The van der Waals surface area contributed by atoms with E-state index in [9.17, 15) is 9.59 Å². The molecular weight excluding hydrogens is 611 g/mol. The Morgan fingerprint density at radius 3 is 2.43 bits per heavy atom. The molecule has 21 heavy (non-hydrogen) atoms. The van der Waals surface area contributed by atoms with Crippen molar-refractivity contribution in [3.63, 3.8) is 0 Å². The lowest BCUT2D eigenvalue weighted by atomic mass is 9.66. The second kappa shape index (κ2) is 7.28. The largest absolute Gasteiger partial charge is 0.481 e. The van der Waals surface area contributed by atoms with E-state index in [-0.39, 0.29) is 17.7 Å². The minimum atomic E-state index is -0.790. The fourth-order valence-electron chi connectivity index (χ4n) is 2.50. The molecule has 0 aliphatic heterocycles. The van der Waals surface area contributed by atoms with Crippen molar-refractivity contribution in [2.45, 2.75) is 25.7 Å². The van der Waals surface area contributed by atoms with Gasteiger partial charge in [-0.25, -0.2) is 0 Å². The number of hydrogen-bond donors (Lipinski definition) is 2. The zero-order chi connectivity index (χ0) is 15.6. The van der Waals surface area contributed by atoms with Crippen molar-refractivity contribution in [2.75, 3.05) is 6.54 Å². The molecule has 1 saturated carbocycles. The van der Waals surface area contributed by atoms with Crippen molar-refractivity contribution in [1.29, 1.82) is 0 Å². The highest BCUT2D eigenvalue weighted by Crippen LogP contribution is 2.43. The van der Waals surface area contributed by atoms with Crippen LogP contribution in [-0.4, -0.2) is 23.5 Å². The number of amides is 1. The van der Waals surface area contributed by atoms with E-state index in [0.717, 1.165) is 30.0 Å². The number of carboxylic acids is 1.